The van der Waals surface area contributed by atoms with Crippen LogP contribution in [-0.2, 0) is 16.5 Å². The third-order valence-electron chi connectivity index (χ3n) is 0. The Bertz CT molecular complexity index is 38.2. The topological polar surface area (TPSA) is 47.6 Å². The van der Waals surface area contributed by atoms with Crippen LogP contribution in [0, 0.1) is 36.5 Å². The van der Waals surface area contributed by atoms with Crippen LogP contribution in [-0.4, -0.2) is 0 Å². The van der Waals surface area contributed by atoms with Crippen molar-refractivity contribution in [2.24, 2.45) is 0 Å². The van der Waals surface area contributed by atoms with E-state index in [4.69, 9.17) is 23.7 Å². The summed E-state index contributed by atoms with van der Waals surface area (Å²) in [5.74, 6) is 0. The number of hydrogen-bond donors (Lipinski definition) is 0. The van der Waals surface area contributed by atoms with E-state index < -0.39 is 0 Å². The molecule has 0 aliphatic carbocycles. The molecular weight excluding hydrogens is 135 g/mol. The molecule has 0 unspecified atom stereocenters. The SMILES string of the molecule is C#C.[C-]#N.[C-]#N.[Ni+2]. The monoisotopic (exact) mass is 136 g/mol. The largest absolute Gasteiger partial charge is 2.00 e. The second-order valence-electron chi connectivity index (χ2n) is 0. The second kappa shape index (κ2) is 87.7. The maximum absolute atomic E-state index is 6.25. The van der Waals surface area contributed by atoms with Crippen LogP contribution >= 0.6 is 0 Å². The van der Waals surface area contributed by atoms with Crippen LogP contribution in [0.2, 0.25) is 0 Å². The van der Waals surface area contributed by atoms with Gasteiger partial charge in [0.1, 0.15) is 0 Å². The Morgan fingerprint density at radius 3 is 0.857 bits per heavy atom. The normalized spacial score (nSPS) is 0.857. The van der Waals surface area contributed by atoms with Crippen LogP contribution in [0.25, 0.3) is 0 Å². The summed E-state index contributed by atoms with van der Waals surface area (Å²) < 4.78 is 0. The van der Waals surface area contributed by atoms with Gasteiger partial charge in [0, 0.05) is 0 Å². The Labute approximate surface area is 53.7 Å². The number of nitrogens with zero attached hydrogens (tertiary/aromatic N) is 2. The molecule has 0 aromatic heterocycles. The summed E-state index contributed by atoms with van der Waals surface area (Å²) in [4.78, 5) is 0. The molecule has 0 bridgehead atoms. The van der Waals surface area contributed by atoms with E-state index in [-0.39, 0.29) is 16.5 Å². The van der Waals surface area contributed by atoms with Crippen LogP contribution in [0.4, 0.5) is 0 Å². The zero-order chi connectivity index (χ0) is 6.00. The summed E-state index contributed by atoms with van der Waals surface area (Å²) in [6.45, 7) is 9.50. The molecule has 0 aromatic rings. The van der Waals surface area contributed by atoms with E-state index in [1.54, 1.807) is 0 Å². The van der Waals surface area contributed by atoms with Gasteiger partial charge in [-0.2, -0.15) is 0 Å². The van der Waals surface area contributed by atoms with Gasteiger partial charge in [0.05, 0.1) is 0 Å². The van der Waals surface area contributed by atoms with Crippen molar-refractivity contribution < 1.29 is 16.5 Å². The van der Waals surface area contributed by atoms with Gasteiger partial charge in [-0.15, -0.1) is 12.8 Å². The zero-order valence-corrected chi connectivity index (χ0v) is 4.35. The third-order valence-corrected chi connectivity index (χ3v) is 0. The maximum atomic E-state index is 6.25. The fourth-order valence-corrected chi connectivity index (χ4v) is 0. The molecule has 0 rings (SSSR count). The molecule has 0 amide bonds. The minimum absolute atomic E-state index is 0. The molecule has 3 heteroatoms. The fraction of sp³-hybridized carbons (Fsp3) is 0. The van der Waals surface area contributed by atoms with Crippen molar-refractivity contribution in [3.05, 3.63) is 13.1 Å². The molecule has 0 fully saturated rings. The molecule has 2 nitrogen and oxygen atoms in total. The van der Waals surface area contributed by atoms with E-state index >= 15 is 0 Å². The Balaban J connectivity index is -0.00000000900. The van der Waals surface area contributed by atoms with Gasteiger partial charge in [-0.25, -0.2) is 0 Å². The van der Waals surface area contributed by atoms with Crippen molar-refractivity contribution in [2.45, 2.75) is 0 Å². The van der Waals surface area contributed by atoms with Crippen LogP contribution in [0.1, 0.15) is 0 Å². The van der Waals surface area contributed by atoms with E-state index in [1.807, 2.05) is 0 Å². The molecule has 0 saturated carbocycles. The molecule has 0 aliphatic heterocycles. The first-order valence-electron chi connectivity index (χ1n) is 0.781. The Morgan fingerprint density at radius 2 is 0.857 bits per heavy atom. The molecular formula is C4H2N2Ni. The second-order valence-corrected chi connectivity index (χ2v) is 0. The van der Waals surface area contributed by atoms with Gasteiger partial charge in [-0.1, -0.05) is 0 Å². The quantitative estimate of drug-likeness (QED) is 0.276. The van der Waals surface area contributed by atoms with Crippen LogP contribution < -0.4 is 0 Å². The van der Waals surface area contributed by atoms with Crippen molar-refractivity contribution >= 4 is 0 Å². The van der Waals surface area contributed by atoms with Crippen molar-refractivity contribution in [3.63, 3.8) is 0 Å². The average molecular weight is 137 g/mol. The summed E-state index contributed by atoms with van der Waals surface area (Å²) in [6.07, 6.45) is 8.00. The predicted molar refractivity (Wildman–Crippen MR) is 19.8 cm³/mol. The summed E-state index contributed by atoms with van der Waals surface area (Å²) in [7, 11) is 0. The average Bonchev–Trinajstić information content (AvgIpc) is 1.81. The van der Waals surface area contributed by atoms with Crippen molar-refractivity contribution in [1.29, 1.82) is 10.5 Å². The van der Waals surface area contributed by atoms with Crippen molar-refractivity contribution in [1.82, 2.24) is 0 Å². The zero-order valence-electron chi connectivity index (χ0n) is 3.37. The van der Waals surface area contributed by atoms with Gasteiger partial charge < -0.3 is 23.7 Å². The van der Waals surface area contributed by atoms with E-state index in [0.717, 1.165) is 0 Å². The molecule has 0 aliphatic rings. The molecule has 0 atom stereocenters. The summed E-state index contributed by atoms with van der Waals surface area (Å²) in [5.41, 5.74) is 0. The Morgan fingerprint density at radius 1 is 0.857 bits per heavy atom. The number of terminal acetylenes is 1. The first-order chi connectivity index (χ1) is 3.00. The number of rotatable bonds is 0. The van der Waals surface area contributed by atoms with Crippen molar-refractivity contribution in [3.8, 4) is 12.8 Å². The first kappa shape index (κ1) is 37.0. The van der Waals surface area contributed by atoms with Gasteiger partial charge in [0.2, 0.25) is 0 Å². The molecule has 0 N–H and O–H groups in total. The van der Waals surface area contributed by atoms with E-state index in [0.29, 0.717) is 0 Å². The molecule has 0 spiro atoms. The molecule has 0 aromatic carbocycles. The molecule has 0 radical (unpaired) electrons. The van der Waals surface area contributed by atoms with Crippen LogP contribution in [0.15, 0.2) is 0 Å². The summed E-state index contributed by atoms with van der Waals surface area (Å²) in [6, 6.07) is 0. The molecule has 0 saturated heterocycles. The van der Waals surface area contributed by atoms with Crippen LogP contribution in [0.3, 0.4) is 0 Å². The third kappa shape index (κ3) is 49.6. The van der Waals surface area contributed by atoms with E-state index in [1.165, 1.54) is 0 Å². The summed E-state index contributed by atoms with van der Waals surface area (Å²) >= 11 is 0. The van der Waals surface area contributed by atoms with Gasteiger partial charge >= 0.3 is 16.5 Å². The Hall–Kier alpha value is -0.966. The maximum Gasteiger partial charge on any atom is 2.00 e. The minimum atomic E-state index is 0. The molecule has 0 heterocycles. The van der Waals surface area contributed by atoms with Crippen molar-refractivity contribution in [2.75, 3.05) is 0 Å². The first-order valence-corrected chi connectivity index (χ1v) is 0.781. The summed E-state index contributed by atoms with van der Waals surface area (Å²) in [5, 5.41) is 12.5. The van der Waals surface area contributed by atoms with Gasteiger partial charge in [-0.3, -0.25) is 0 Å². The fourth-order valence-electron chi connectivity index (χ4n) is 0. The van der Waals surface area contributed by atoms with E-state index in [9.17, 15) is 0 Å². The van der Waals surface area contributed by atoms with E-state index in [2.05, 4.69) is 12.8 Å². The smallest absolute Gasteiger partial charge is 0.512 e. The van der Waals surface area contributed by atoms with Gasteiger partial charge in [-0.05, 0) is 0 Å². The van der Waals surface area contributed by atoms with Gasteiger partial charge in [0.15, 0.2) is 0 Å². The molecule has 38 valence electrons. The molecule has 7 heavy (non-hydrogen) atoms. The Kier molecular flexibility index (Phi) is 463. The van der Waals surface area contributed by atoms with Gasteiger partial charge in [0.25, 0.3) is 0 Å². The number of hydrogen-bond acceptors (Lipinski definition) is 2. The predicted octanol–water partition coefficient (Wildman–Crippen LogP) is 0.440. The standard InChI is InChI=1S/C2H2.2CN.Ni/c3*1-2;/h1-2H;;;/q;2*-1;+2. The minimum Gasteiger partial charge on any atom is -0.512 e. The van der Waals surface area contributed by atoms with Crippen LogP contribution in [0.5, 0.6) is 0 Å².